The van der Waals surface area contributed by atoms with Crippen molar-refractivity contribution in [2.24, 2.45) is 0 Å². The summed E-state index contributed by atoms with van der Waals surface area (Å²) in [5.41, 5.74) is 1.95. The quantitative estimate of drug-likeness (QED) is 0.263. The predicted molar refractivity (Wildman–Crippen MR) is 120 cm³/mol. The smallest absolute Gasteiger partial charge is 0.331 e. The third kappa shape index (κ3) is 7.08. The molecule has 23 heavy (non-hydrogen) atoms. The normalized spacial score (nSPS) is 10.9. The number of carboxylic acid groups (broad SMARTS) is 1. The van der Waals surface area contributed by atoms with Crippen LogP contribution in [0.2, 0.25) is 0 Å². The maximum absolute atomic E-state index is 11.9. The van der Waals surface area contributed by atoms with Crippen molar-refractivity contribution in [2.75, 3.05) is 5.32 Å². The maximum atomic E-state index is 11.9. The number of rotatable bonds is 6. The van der Waals surface area contributed by atoms with Crippen molar-refractivity contribution < 1.29 is 14.7 Å². The van der Waals surface area contributed by atoms with E-state index in [4.69, 9.17) is 0 Å². The van der Waals surface area contributed by atoms with E-state index >= 15 is 0 Å². The van der Waals surface area contributed by atoms with Crippen LogP contribution in [0.25, 0.3) is 6.08 Å². The maximum Gasteiger partial charge on any atom is 0.331 e. The van der Waals surface area contributed by atoms with Crippen LogP contribution in [0.5, 0.6) is 0 Å². The van der Waals surface area contributed by atoms with Crippen LogP contribution in [0.3, 0.4) is 0 Å². The summed E-state index contributed by atoms with van der Waals surface area (Å²) in [6, 6.07) is 1.95. The molecule has 0 unspecified atom stereocenters. The van der Waals surface area contributed by atoms with Gasteiger partial charge in [-0.1, -0.05) is 13.8 Å². The number of hydrogen-bond acceptors (Lipinski definition) is 2. The molecule has 0 saturated heterocycles. The van der Waals surface area contributed by atoms with E-state index in [0.717, 1.165) is 28.4 Å². The number of amides is 1. The fourth-order valence-electron chi connectivity index (χ4n) is 1.77. The van der Waals surface area contributed by atoms with Crippen LogP contribution in [0.15, 0.2) is 11.6 Å². The van der Waals surface area contributed by atoms with Crippen molar-refractivity contribution in [3.05, 3.63) is 27.9 Å². The molecule has 0 aliphatic rings. The summed E-state index contributed by atoms with van der Waals surface area (Å²) >= 11 is 6.54. The van der Waals surface area contributed by atoms with E-state index in [2.05, 4.69) is 73.1 Å². The average molecular weight is 662 g/mol. The van der Waals surface area contributed by atoms with Crippen LogP contribution >= 0.6 is 67.8 Å². The molecular weight excluding hydrogens is 646 g/mol. The molecule has 0 bridgehead atoms. The summed E-state index contributed by atoms with van der Waals surface area (Å²) in [5.74, 6) is -0.937. The van der Waals surface area contributed by atoms with Crippen molar-refractivity contribution in [3.8, 4) is 0 Å². The van der Waals surface area contributed by atoms with Gasteiger partial charge in [-0.3, -0.25) is 4.79 Å². The Morgan fingerprint density at radius 2 is 1.83 bits per heavy atom. The number of anilines is 1. The molecule has 0 heterocycles. The van der Waals surface area contributed by atoms with E-state index in [0.29, 0.717) is 18.4 Å². The Morgan fingerprint density at radius 3 is 2.30 bits per heavy atom. The zero-order valence-electron chi connectivity index (χ0n) is 13.2. The predicted octanol–water partition coefficient (Wildman–Crippen LogP) is 4.74. The molecule has 0 aromatic heterocycles. The molecule has 1 aromatic rings. The van der Waals surface area contributed by atoms with Crippen LogP contribution in [0, 0.1) is 10.7 Å². The molecular formula is C15H16I3NNaO3. The molecule has 121 valence electrons. The molecule has 4 nitrogen and oxygen atoms in total. The largest absolute Gasteiger partial charge is 0.478 e. The first-order valence-corrected chi connectivity index (χ1v) is 9.96. The molecule has 1 radical (unpaired) electrons. The van der Waals surface area contributed by atoms with Crippen molar-refractivity contribution in [1.29, 1.82) is 0 Å². The minimum absolute atomic E-state index is 0. The van der Waals surface area contributed by atoms with E-state index in [1.54, 1.807) is 6.08 Å². The number of hydrogen-bond donors (Lipinski definition) is 2. The zero-order valence-corrected chi connectivity index (χ0v) is 21.6. The van der Waals surface area contributed by atoms with Gasteiger partial charge in [0.05, 0.1) is 5.69 Å². The topological polar surface area (TPSA) is 66.4 Å². The number of carbonyl (C=O) groups excluding carboxylic acids is 1. The monoisotopic (exact) mass is 662 g/mol. The summed E-state index contributed by atoms with van der Waals surface area (Å²) in [6.07, 6.45) is 3.40. The molecule has 1 aromatic carbocycles. The molecule has 0 fully saturated rings. The van der Waals surface area contributed by atoms with E-state index in [9.17, 15) is 14.7 Å². The second kappa shape index (κ2) is 11.7. The van der Waals surface area contributed by atoms with E-state index in [1.165, 1.54) is 0 Å². The van der Waals surface area contributed by atoms with E-state index < -0.39 is 5.97 Å². The molecule has 1 rings (SSSR count). The van der Waals surface area contributed by atoms with Gasteiger partial charge in [-0.25, -0.2) is 4.79 Å². The number of nitrogens with one attached hydrogen (secondary N) is 1. The molecule has 8 heteroatoms. The van der Waals surface area contributed by atoms with Crippen LogP contribution in [-0.2, 0) is 9.59 Å². The van der Waals surface area contributed by atoms with Gasteiger partial charge in [-0.05, 0) is 92.8 Å². The third-order valence-corrected chi connectivity index (χ3v) is 5.78. The van der Waals surface area contributed by atoms with Gasteiger partial charge in [0.2, 0.25) is 5.91 Å². The van der Waals surface area contributed by atoms with Crippen molar-refractivity contribution in [1.82, 2.24) is 0 Å². The van der Waals surface area contributed by atoms with Gasteiger partial charge in [0.15, 0.2) is 0 Å². The molecule has 2 N–H and O–H groups in total. The Morgan fingerprint density at radius 1 is 1.22 bits per heavy atom. The SMILES string of the molecule is CCCC(=O)Nc1c(I)cc(I)c(C=C(CC)C(=O)O)c1I.[Na]. The Hall–Kier alpha value is 1.09. The van der Waals surface area contributed by atoms with E-state index in [1.807, 2.05) is 19.9 Å². The van der Waals surface area contributed by atoms with Crippen LogP contribution in [0.4, 0.5) is 5.69 Å². The van der Waals surface area contributed by atoms with Gasteiger partial charge in [-0.15, -0.1) is 0 Å². The standard InChI is InChI=1S/C15H16I3NO3.Na/c1-3-5-12(20)19-14-11(17)7-10(16)9(13(14)18)6-8(4-2)15(21)22;/h6-7H,3-5H2,1-2H3,(H,19,20)(H,21,22);. The molecule has 0 aliphatic carbocycles. The molecule has 0 saturated carbocycles. The number of carboxylic acids is 1. The number of halogens is 3. The molecule has 0 spiro atoms. The van der Waals surface area contributed by atoms with Gasteiger partial charge in [0, 0.05) is 57.8 Å². The van der Waals surface area contributed by atoms with Gasteiger partial charge in [0.1, 0.15) is 0 Å². The van der Waals surface area contributed by atoms with Crippen molar-refractivity contribution >= 4 is 121 Å². The average Bonchev–Trinajstić information content (AvgIpc) is 2.43. The summed E-state index contributed by atoms with van der Waals surface area (Å²) < 4.78 is 2.78. The minimum Gasteiger partial charge on any atom is -0.478 e. The second-order valence-corrected chi connectivity index (χ2v) is 7.97. The fraction of sp³-hybridized carbons (Fsp3) is 0.333. The first-order valence-electron chi connectivity index (χ1n) is 6.72. The van der Waals surface area contributed by atoms with Gasteiger partial charge >= 0.3 is 5.97 Å². The van der Waals surface area contributed by atoms with Crippen molar-refractivity contribution in [2.45, 2.75) is 33.1 Å². The van der Waals surface area contributed by atoms with Gasteiger partial charge in [-0.2, -0.15) is 0 Å². The second-order valence-electron chi connectivity index (χ2n) is 4.57. The summed E-state index contributed by atoms with van der Waals surface area (Å²) in [5, 5.41) is 12.1. The number of carbonyl (C=O) groups is 2. The first-order chi connectivity index (χ1) is 10.3. The summed E-state index contributed by atoms with van der Waals surface area (Å²) in [4.78, 5) is 23.1. The van der Waals surface area contributed by atoms with Crippen LogP contribution < -0.4 is 5.32 Å². The summed E-state index contributed by atoms with van der Waals surface area (Å²) in [6.45, 7) is 3.77. The Labute approximate surface area is 199 Å². The number of aliphatic carboxylic acids is 1. The van der Waals surface area contributed by atoms with Crippen LogP contribution in [0.1, 0.15) is 38.7 Å². The molecule has 0 aliphatic heterocycles. The third-order valence-electron chi connectivity index (χ3n) is 2.92. The first kappa shape index (κ1) is 24.1. The number of benzene rings is 1. The molecule has 1 amide bonds. The summed E-state index contributed by atoms with van der Waals surface area (Å²) in [7, 11) is 0. The van der Waals surface area contributed by atoms with Gasteiger partial charge in [0.25, 0.3) is 0 Å². The van der Waals surface area contributed by atoms with Crippen molar-refractivity contribution in [3.63, 3.8) is 0 Å². The van der Waals surface area contributed by atoms with Gasteiger partial charge < -0.3 is 10.4 Å². The minimum atomic E-state index is -0.913. The zero-order chi connectivity index (χ0) is 16.9. The Balaban J connectivity index is 0.00000484. The molecule has 0 atom stereocenters. The fourth-order valence-corrected chi connectivity index (χ4v) is 5.72. The Kier molecular flexibility index (Phi) is 12.2. The van der Waals surface area contributed by atoms with Crippen LogP contribution in [-0.4, -0.2) is 46.5 Å². The Bertz CT molecular complexity index is 633. The van der Waals surface area contributed by atoms with E-state index in [-0.39, 0.29) is 35.5 Å².